The zero-order valence-corrected chi connectivity index (χ0v) is 17.7. The lowest BCUT2D eigenvalue weighted by molar-refractivity contribution is 0.102. The molecule has 0 bridgehead atoms. The monoisotopic (exact) mass is 442 g/mol. The number of anilines is 3. The molecule has 0 unspecified atom stereocenters. The van der Waals surface area contributed by atoms with Gasteiger partial charge in [0.05, 0.1) is 11.9 Å². The Morgan fingerprint density at radius 3 is 2.73 bits per heavy atom. The topological polar surface area (TPSA) is 139 Å². The zero-order chi connectivity index (χ0) is 22.8. The number of fused-ring (bicyclic) bond motifs is 1. The van der Waals surface area contributed by atoms with Crippen LogP contribution in [0.25, 0.3) is 5.52 Å². The number of imidazole rings is 1. The van der Waals surface area contributed by atoms with Crippen molar-refractivity contribution in [2.45, 2.75) is 25.3 Å². The largest absolute Gasteiger partial charge is 0.382 e. The van der Waals surface area contributed by atoms with Gasteiger partial charge in [0.25, 0.3) is 5.91 Å². The lowest BCUT2D eigenvalue weighted by Gasteiger charge is -2.09. The molecule has 4 aromatic rings. The van der Waals surface area contributed by atoms with Crippen LogP contribution in [0, 0.1) is 0 Å². The summed E-state index contributed by atoms with van der Waals surface area (Å²) in [5.74, 6) is 1.08. The van der Waals surface area contributed by atoms with Crippen molar-refractivity contribution in [1.29, 1.82) is 0 Å². The van der Waals surface area contributed by atoms with Crippen molar-refractivity contribution < 1.29 is 9.59 Å². The number of nitrogens with zero attached hydrogens (tertiary/aromatic N) is 4. The highest BCUT2D eigenvalue weighted by molar-refractivity contribution is 6.09. The van der Waals surface area contributed by atoms with Crippen molar-refractivity contribution in [3.63, 3.8) is 0 Å². The minimum Gasteiger partial charge on any atom is -0.382 e. The van der Waals surface area contributed by atoms with Gasteiger partial charge < -0.3 is 21.7 Å². The van der Waals surface area contributed by atoms with Crippen LogP contribution in [0.4, 0.5) is 22.0 Å². The van der Waals surface area contributed by atoms with Gasteiger partial charge in [-0.2, -0.15) is 0 Å². The van der Waals surface area contributed by atoms with Crippen LogP contribution in [0.5, 0.6) is 0 Å². The number of rotatable bonds is 6. The molecule has 5 rings (SSSR count). The van der Waals surface area contributed by atoms with Crippen LogP contribution in [0.2, 0.25) is 0 Å². The molecule has 0 aliphatic heterocycles. The first-order valence-corrected chi connectivity index (χ1v) is 10.6. The number of nitrogen functional groups attached to an aromatic ring is 1. The number of hydrogen-bond donors (Lipinski definition) is 4. The van der Waals surface area contributed by atoms with Gasteiger partial charge in [0.1, 0.15) is 17.2 Å². The van der Waals surface area contributed by atoms with Crippen LogP contribution in [0.3, 0.4) is 0 Å². The fourth-order valence-corrected chi connectivity index (χ4v) is 3.62. The van der Waals surface area contributed by atoms with Crippen LogP contribution >= 0.6 is 0 Å². The molecule has 3 aromatic heterocycles. The second-order valence-corrected chi connectivity index (χ2v) is 7.83. The Kier molecular flexibility index (Phi) is 5.31. The number of amides is 3. The molecule has 0 radical (unpaired) electrons. The minimum absolute atomic E-state index is 0.252. The number of carbonyl (C=O) groups is 2. The predicted molar refractivity (Wildman–Crippen MR) is 124 cm³/mol. The average molecular weight is 442 g/mol. The first kappa shape index (κ1) is 20.4. The average Bonchev–Trinajstić information content (AvgIpc) is 3.58. The van der Waals surface area contributed by atoms with Crippen molar-refractivity contribution in [3.05, 3.63) is 78.3 Å². The van der Waals surface area contributed by atoms with E-state index in [-0.39, 0.29) is 30.0 Å². The number of pyridine rings is 1. The lowest BCUT2D eigenvalue weighted by Crippen LogP contribution is -2.28. The Labute approximate surface area is 189 Å². The van der Waals surface area contributed by atoms with E-state index in [9.17, 15) is 9.59 Å². The summed E-state index contributed by atoms with van der Waals surface area (Å²) in [4.78, 5) is 37.8. The van der Waals surface area contributed by atoms with Gasteiger partial charge in [-0.3, -0.25) is 14.2 Å². The highest BCUT2D eigenvalue weighted by Gasteiger charge is 2.31. The third-order valence-corrected chi connectivity index (χ3v) is 5.33. The molecule has 1 aliphatic rings. The third kappa shape index (κ3) is 4.45. The minimum atomic E-state index is -0.362. The van der Waals surface area contributed by atoms with Crippen molar-refractivity contribution in [3.8, 4) is 0 Å². The van der Waals surface area contributed by atoms with Crippen LogP contribution in [-0.4, -0.2) is 31.3 Å². The molecule has 3 heterocycles. The summed E-state index contributed by atoms with van der Waals surface area (Å²) in [6, 6.07) is 10.4. The van der Waals surface area contributed by atoms with Crippen molar-refractivity contribution >= 4 is 34.6 Å². The van der Waals surface area contributed by atoms with E-state index in [0.717, 1.165) is 24.2 Å². The van der Waals surface area contributed by atoms with Gasteiger partial charge >= 0.3 is 6.03 Å². The fraction of sp³-hybridized carbons (Fsp3) is 0.174. The maximum Gasteiger partial charge on any atom is 0.319 e. The Bertz CT molecular complexity index is 1330. The summed E-state index contributed by atoms with van der Waals surface area (Å²) in [5.41, 5.74) is 8.84. The molecule has 0 saturated heterocycles. The highest BCUT2D eigenvalue weighted by atomic mass is 16.2. The molecule has 1 aliphatic carbocycles. The van der Waals surface area contributed by atoms with Crippen LogP contribution in [0.1, 0.15) is 40.6 Å². The molecule has 1 fully saturated rings. The van der Waals surface area contributed by atoms with Crippen LogP contribution in [-0.2, 0) is 6.54 Å². The van der Waals surface area contributed by atoms with E-state index in [2.05, 4.69) is 30.9 Å². The molecule has 1 aromatic carbocycles. The van der Waals surface area contributed by atoms with Gasteiger partial charge in [0.15, 0.2) is 5.69 Å². The van der Waals surface area contributed by atoms with Gasteiger partial charge in [-0.15, -0.1) is 0 Å². The summed E-state index contributed by atoms with van der Waals surface area (Å²) in [6.45, 7) is 0.284. The van der Waals surface area contributed by atoms with Crippen LogP contribution < -0.4 is 21.7 Å². The molecule has 10 nitrogen and oxygen atoms in total. The molecule has 0 spiro atoms. The lowest BCUT2D eigenvalue weighted by atomic mass is 10.2. The Hall–Kier alpha value is -4.47. The molecule has 5 N–H and O–H groups in total. The maximum atomic E-state index is 13.1. The van der Waals surface area contributed by atoms with Gasteiger partial charge in [-0.1, -0.05) is 12.1 Å². The first-order valence-electron chi connectivity index (χ1n) is 10.6. The predicted octanol–water partition coefficient (Wildman–Crippen LogP) is 3.16. The van der Waals surface area contributed by atoms with E-state index in [1.54, 1.807) is 49.1 Å². The second kappa shape index (κ2) is 8.58. The second-order valence-electron chi connectivity index (χ2n) is 7.83. The number of benzene rings is 1. The molecule has 10 heteroatoms. The molecule has 166 valence electrons. The highest BCUT2D eigenvalue weighted by Crippen LogP contribution is 2.40. The number of nitrogens with one attached hydrogen (secondary N) is 3. The summed E-state index contributed by atoms with van der Waals surface area (Å²) in [7, 11) is 0. The van der Waals surface area contributed by atoms with Crippen molar-refractivity contribution in [2.24, 2.45) is 0 Å². The molecular formula is C23H22N8O2. The number of urea groups is 1. The number of nitrogens with two attached hydrogens (primary N) is 1. The van der Waals surface area contributed by atoms with Gasteiger partial charge in [-0.05, 0) is 42.7 Å². The molecule has 0 atom stereocenters. The van der Waals surface area contributed by atoms with E-state index < -0.39 is 0 Å². The Morgan fingerprint density at radius 2 is 1.94 bits per heavy atom. The van der Waals surface area contributed by atoms with Gasteiger partial charge in [0, 0.05) is 36.7 Å². The maximum absolute atomic E-state index is 13.1. The van der Waals surface area contributed by atoms with Gasteiger partial charge in [-0.25, -0.2) is 14.8 Å². The standard InChI is InChI=1S/C23H22N8O2/c24-20-19-18(30-21(15-6-7-15)31(19)10-9-26-20)22(32)28-16-4-1-3-14(11-16)12-27-23(33)29-17-5-2-8-25-13-17/h1-5,8-11,13,15H,6-7,12H2,(H2,24,26)(H,28,32)(H2,27,29,33). The summed E-state index contributed by atoms with van der Waals surface area (Å²) in [6.07, 6.45) is 8.68. The number of aromatic nitrogens is 4. The summed E-state index contributed by atoms with van der Waals surface area (Å²) >= 11 is 0. The summed E-state index contributed by atoms with van der Waals surface area (Å²) < 4.78 is 1.86. The smallest absolute Gasteiger partial charge is 0.319 e. The molecule has 33 heavy (non-hydrogen) atoms. The zero-order valence-electron chi connectivity index (χ0n) is 17.7. The number of carbonyl (C=O) groups excluding carboxylic acids is 2. The first-order chi connectivity index (χ1) is 16.1. The van der Waals surface area contributed by atoms with E-state index in [0.29, 0.717) is 22.8 Å². The SMILES string of the molecule is Nc1nccn2c(C3CC3)nc(C(=O)Nc3cccc(CNC(=O)Nc4cccnc4)c3)c12. The molecular weight excluding hydrogens is 420 g/mol. The quantitative estimate of drug-likeness (QED) is 0.362. The van der Waals surface area contributed by atoms with E-state index in [4.69, 9.17) is 5.73 Å². The van der Waals surface area contributed by atoms with E-state index in [1.165, 1.54) is 0 Å². The molecule has 3 amide bonds. The Balaban J connectivity index is 1.28. The fourth-order valence-electron chi connectivity index (χ4n) is 3.62. The van der Waals surface area contributed by atoms with Crippen LogP contribution in [0.15, 0.2) is 61.2 Å². The third-order valence-electron chi connectivity index (χ3n) is 5.33. The summed E-state index contributed by atoms with van der Waals surface area (Å²) in [5, 5.41) is 8.38. The normalized spacial score (nSPS) is 13.0. The van der Waals surface area contributed by atoms with E-state index in [1.807, 2.05) is 16.5 Å². The van der Waals surface area contributed by atoms with Crippen molar-refractivity contribution in [2.75, 3.05) is 16.4 Å². The molecule has 1 saturated carbocycles. The Morgan fingerprint density at radius 1 is 1.09 bits per heavy atom. The van der Waals surface area contributed by atoms with Gasteiger partial charge in [0.2, 0.25) is 0 Å². The van der Waals surface area contributed by atoms with E-state index >= 15 is 0 Å². The van der Waals surface area contributed by atoms with Crippen molar-refractivity contribution in [1.82, 2.24) is 24.7 Å². The number of hydrogen-bond acceptors (Lipinski definition) is 6.